The first-order chi connectivity index (χ1) is 13.5. The molecule has 1 unspecified atom stereocenters. The molecule has 3 heterocycles. The number of nitrogens with zero attached hydrogens (tertiary/aromatic N) is 2. The van der Waals surface area contributed by atoms with Gasteiger partial charge in [-0.2, -0.15) is 0 Å². The topological polar surface area (TPSA) is 117 Å². The van der Waals surface area contributed by atoms with Gasteiger partial charge in [0.15, 0.2) is 0 Å². The van der Waals surface area contributed by atoms with Gasteiger partial charge in [0.2, 0.25) is 11.8 Å². The number of hydrogen-bond acceptors (Lipinski definition) is 7. The van der Waals surface area contributed by atoms with E-state index in [1.807, 2.05) is 23.6 Å². The lowest BCUT2D eigenvalue weighted by atomic mass is 10.0. The van der Waals surface area contributed by atoms with Gasteiger partial charge in [0, 0.05) is 43.5 Å². The monoisotopic (exact) mass is 399 g/mol. The largest absolute Gasteiger partial charge is 0.325 e. The summed E-state index contributed by atoms with van der Waals surface area (Å²) in [4.78, 5) is 42.1. The van der Waals surface area contributed by atoms with Gasteiger partial charge < -0.3 is 16.0 Å². The van der Waals surface area contributed by atoms with E-state index in [2.05, 4.69) is 15.6 Å². The first-order valence-electron chi connectivity index (χ1n) is 9.15. The van der Waals surface area contributed by atoms with E-state index < -0.39 is 6.04 Å². The number of hydrogen-bond donors (Lipinski definition) is 3. The predicted octanol–water partition coefficient (Wildman–Crippen LogP) is 0.653. The molecule has 1 aromatic carbocycles. The highest BCUT2D eigenvalue weighted by atomic mass is 32.1. The number of imide groups is 1. The second kappa shape index (κ2) is 7.78. The highest BCUT2D eigenvalue weighted by Crippen LogP contribution is 2.28. The van der Waals surface area contributed by atoms with Crippen molar-refractivity contribution >= 4 is 29.1 Å². The predicted molar refractivity (Wildman–Crippen MR) is 103 cm³/mol. The molecule has 4 rings (SSSR count). The number of nitrogens with two attached hydrogens (primary N) is 1. The molecule has 1 saturated heterocycles. The minimum atomic E-state index is -0.583. The first-order valence-corrected chi connectivity index (χ1v) is 10.0. The minimum Gasteiger partial charge on any atom is -0.325 e. The Morgan fingerprint density at radius 2 is 2.14 bits per heavy atom. The van der Waals surface area contributed by atoms with E-state index >= 15 is 0 Å². The van der Waals surface area contributed by atoms with Crippen molar-refractivity contribution < 1.29 is 14.4 Å². The van der Waals surface area contributed by atoms with Crippen LogP contribution in [0.15, 0.2) is 23.6 Å². The van der Waals surface area contributed by atoms with E-state index in [1.165, 1.54) is 0 Å². The number of nitrogens with one attached hydrogen (secondary N) is 2. The summed E-state index contributed by atoms with van der Waals surface area (Å²) in [6, 6.07) is 5.15. The molecular formula is C19H21N5O3S. The smallest absolute Gasteiger partial charge is 0.255 e. The number of benzene rings is 1. The fraction of sp³-hybridized carbons (Fsp3) is 0.368. The second-order valence-corrected chi connectivity index (χ2v) is 7.87. The Morgan fingerprint density at radius 1 is 1.29 bits per heavy atom. The standard InChI is InChI=1S/C19H21N5O3S/c20-6-17-22-13(10-28-17)8-21-7-11-1-2-14-12(5-11)9-24(19(14)27)15-3-4-16(25)23-18(15)26/h1-2,5,10,15,21H,3-4,6-9,20H2,(H,23,25,26). The Balaban J connectivity index is 1.39. The number of amides is 3. The summed E-state index contributed by atoms with van der Waals surface area (Å²) in [5.41, 5.74) is 9.14. The Hall–Kier alpha value is -2.62. The van der Waals surface area contributed by atoms with Crippen molar-refractivity contribution in [3.8, 4) is 0 Å². The number of fused-ring (bicyclic) bond motifs is 1. The second-order valence-electron chi connectivity index (χ2n) is 6.93. The number of carbonyl (C=O) groups is 3. The number of aromatic nitrogens is 1. The van der Waals surface area contributed by atoms with Crippen LogP contribution >= 0.6 is 11.3 Å². The van der Waals surface area contributed by atoms with E-state index in [0.29, 0.717) is 38.2 Å². The summed E-state index contributed by atoms with van der Waals surface area (Å²) < 4.78 is 0. The van der Waals surface area contributed by atoms with Gasteiger partial charge in [-0.3, -0.25) is 19.7 Å². The summed E-state index contributed by atoms with van der Waals surface area (Å²) in [5.74, 6) is -0.822. The van der Waals surface area contributed by atoms with Crippen molar-refractivity contribution in [3.63, 3.8) is 0 Å². The number of carbonyl (C=O) groups excluding carboxylic acids is 3. The van der Waals surface area contributed by atoms with Gasteiger partial charge in [-0.05, 0) is 23.6 Å². The van der Waals surface area contributed by atoms with Gasteiger partial charge in [-0.1, -0.05) is 12.1 Å². The van der Waals surface area contributed by atoms with Crippen LogP contribution in [0.3, 0.4) is 0 Å². The molecule has 1 atom stereocenters. The molecule has 9 heteroatoms. The molecule has 0 saturated carbocycles. The van der Waals surface area contributed by atoms with Crippen LogP contribution in [0, 0.1) is 0 Å². The SMILES string of the molecule is NCc1nc(CNCc2ccc3c(c2)CN(C2CCC(=O)NC2=O)C3=O)cs1. The third kappa shape index (κ3) is 3.68. The Labute approximate surface area is 166 Å². The molecular weight excluding hydrogens is 378 g/mol. The third-order valence-corrected chi connectivity index (χ3v) is 5.92. The van der Waals surface area contributed by atoms with Gasteiger partial charge in [-0.15, -0.1) is 11.3 Å². The molecule has 0 bridgehead atoms. The van der Waals surface area contributed by atoms with E-state index in [1.54, 1.807) is 16.2 Å². The Morgan fingerprint density at radius 3 is 2.89 bits per heavy atom. The van der Waals surface area contributed by atoms with Gasteiger partial charge in [0.1, 0.15) is 11.0 Å². The molecule has 28 heavy (non-hydrogen) atoms. The average Bonchev–Trinajstić information content (AvgIpc) is 3.26. The lowest BCUT2D eigenvalue weighted by Crippen LogP contribution is -2.52. The Bertz CT molecular complexity index is 941. The molecule has 0 aliphatic carbocycles. The third-order valence-electron chi connectivity index (χ3n) is 5.00. The minimum absolute atomic E-state index is 0.152. The molecule has 3 amide bonds. The van der Waals surface area contributed by atoms with Crippen molar-refractivity contribution in [2.75, 3.05) is 0 Å². The highest BCUT2D eigenvalue weighted by molar-refractivity contribution is 7.09. The van der Waals surface area contributed by atoms with Gasteiger partial charge in [0.05, 0.1) is 5.69 Å². The van der Waals surface area contributed by atoms with E-state index in [9.17, 15) is 14.4 Å². The van der Waals surface area contributed by atoms with Crippen LogP contribution in [-0.4, -0.2) is 33.6 Å². The van der Waals surface area contributed by atoms with Crippen molar-refractivity contribution in [2.45, 2.75) is 45.1 Å². The van der Waals surface area contributed by atoms with Crippen molar-refractivity contribution in [2.24, 2.45) is 5.73 Å². The fourth-order valence-electron chi connectivity index (χ4n) is 3.60. The lowest BCUT2D eigenvalue weighted by molar-refractivity contribution is -0.136. The summed E-state index contributed by atoms with van der Waals surface area (Å²) >= 11 is 1.55. The van der Waals surface area contributed by atoms with Crippen LogP contribution in [0.1, 0.15) is 45.0 Å². The average molecular weight is 399 g/mol. The van der Waals surface area contributed by atoms with E-state index in [0.717, 1.165) is 21.8 Å². The van der Waals surface area contributed by atoms with Crippen LogP contribution in [0.25, 0.3) is 0 Å². The zero-order valence-electron chi connectivity index (χ0n) is 15.2. The van der Waals surface area contributed by atoms with Crippen LogP contribution in [0.2, 0.25) is 0 Å². The van der Waals surface area contributed by atoms with Crippen molar-refractivity contribution in [1.29, 1.82) is 0 Å². The number of rotatable bonds is 6. The molecule has 8 nitrogen and oxygen atoms in total. The highest BCUT2D eigenvalue weighted by Gasteiger charge is 2.38. The zero-order chi connectivity index (χ0) is 19.7. The first kappa shape index (κ1) is 18.7. The van der Waals surface area contributed by atoms with Crippen molar-refractivity contribution in [3.05, 3.63) is 51.0 Å². The summed E-state index contributed by atoms with van der Waals surface area (Å²) in [6.45, 7) is 2.14. The molecule has 1 aromatic heterocycles. The van der Waals surface area contributed by atoms with Crippen LogP contribution in [0.4, 0.5) is 0 Å². The lowest BCUT2D eigenvalue weighted by Gasteiger charge is -2.29. The molecule has 4 N–H and O–H groups in total. The van der Waals surface area contributed by atoms with Gasteiger partial charge >= 0.3 is 0 Å². The summed E-state index contributed by atoms with van der Waals surface area (Å²) in [6.07, 6.45) is 0.630. The molecule has 146 valence electrons. The molecule has 2 aliphatic heterocycles. The molecule has 0 spiro atoms. The maximum absolute atomic E-state index is 12.7. The number of thiazole rings is 1. The van der Waals surface area contributed by atoms with Crippen molar-refractivity contribution in [1.82, 2.24) is 20.5 Å². The van der Waals surface area contributed by atoms with Crippen LogP contribution in [-0.2, 0) is 35.8 Å². The maximum Gasteiger partial charge on any atom is 0.255 e. The Kier molecular flexibility index (Phi) is 5.21. The fourth-order valence-corrected chi connectivity index (χ4v) is 4.27. The molecule has 1 fully saturated rings. The van der Waals surface area contributed by atoms with E-state index in [4.69, 9.17) is 5.73 Å². The summed E-state index contributed by atoms with van der Waals surface area (Å²) in [7, 11) is 0. The molecule has 2 aliphatic rings. The van der Waals surface area contributed by atoms with Gasteiger partial charge in [-0.25, -0.2) is 4.98 Å². The van der Waals surface area contributed by atoms with E-state index in [-0.39, 0.29) is 24.1 Å². The molecule has 2 aromatic rings. The molecule has 0 radical (unpaired) electrons. The zero-order valence-corrected chi connectivity index (χ0v) is 16.1. The number of piperidine rings is 1. The quantitative estimate of drug-likeness (QED) is 0.614. The van der Waals surface area contributed by atoms with Gasteiger partial charge in [0.25, 0.3) is 5.91 Å². The normalized spacial score (nSPS) is 19.1. The van der Waals surface area contributed by atoms with Crippen LogP contribution in [0.5, 0.6) is 0 Å². The van der Waals surface area contributed by atoms with Crippen LogP contribution < -0.4 is 16.4 Å². The maximum atomic E-state index is 12.7. The summed E-state index contributed by atoms with van der Waals surface area (Å²) in [5, 5.41) is 8.58.